The van der Waals surface area contributed by atoms with E-state index in [0.717, 1.165) is 41.1 Å². The van der Waals surface area contributed by atoms with E-state index in [-0.39, 0.29) is 5.56 Å². The minimum Gasteiger partial charge on any atom is -0.491 e. The van der Waals surface area contributed by atoms with Gasteiger partial charge in [0.1, 0.15) is 16.8 Å². The second kappa shape index (κ2) is 15.9. The highest BCUT2D eigenvalue weighted by Crippen LogP contribution is 2.35. The standard InChI is InChI=1S/C22H25N3O4.C4H10.2C2H6/c1-3-14(2)6-5-11-29-19-8-4-7-15-20(19)23-25-10-9-24-13-16(22(27)28)18(26)12-17(24)21(15)25;1-4(2)3;2*1-2/h4,7-8,12-14H,3,5-6,9-11H2,1-2H3,(H,27,28);4H,1-3H3;2*1-2H3. The normalized spacial score (nSPS) is 12.1. The molecule has 3 aromatic rings. The number of aromatic nitrogens is 3. The summed E-state index contributed by atoms with van der Waals surface area (Å²) in [5.74, 6) is 1.06. The van der Waals surface area contributed by atoms with Crippen molar-refractivity contribution in [2.45, 2.75) is 94.7 Å². The number of carboxylic acids is 1. The molecule has 0 bridgehead atoms. The average molecular weight is 514 g/mol. The molecule has 7 heteroatoms. The van der Waals surface area contributed by atoms with Crippen molar-refractivity contribution >= 4 is 16.9 Å². The molecule has 3 heterocycles. The number of ether oxygens (including phenoxy) is 1. The fraction of sp³-hybridized carbons (Fsp3) is 0.567. The number of rotatable bonds is 7. The highest BCUT2D eigenvalue weighted by atomic mass is 16.5. The monoisotopic (exact) mass is 513 g/mol. The number of nitrogens with zero attached hydrogens (tertiary/aromatic N) is 3. The molecule has 1 unspecified atom stereocenters. The minimum absolute atomic E-state index is 0.212. The first-order valence-electron chi connectivity index (χ1n) is 13.8. The molecule has 1 atom stereocenters. The van der Waals surface area contributed by atoms with E-state index in [4.69, 9.17) is 9.84 Å². The van der Waals surface area contributed by atoms with E-state index in [2.05, 4.69) is 34.6 Å². The SMILES string of the molecule is CC.CC.CC(C)C.CCC(C)CCCOc1cccc2c3n(nc12)CCn1cc(C(=O)O)c(=O)cc1-3. The van der Waals surface area contributed by atoms with E-state index >= 15 is 0 Å². The van der Waals surface area contributed by atoms with Crippen LogP contribution in [0.5, 0.6) is 5.75 Å². The molecule has 1 aliphatic rings. The lowest BCUT2D eigenvalue weighted by molar-refractivity contribution is 0.0694. The molecule has 1 aliphatic heterocycles. The van der Waals surface area contributed by atoms with E-state index in [1.807, 2.05) is 55.1 Å². The number of aryl methyl sites for hydroxylation is 2. The molecule has 0 spiro atoms. The lowest BCUT2D eigenvalue weighted by Gasteiger charge is -2.21. The first-order valence-corrected chi connectivity index (χ1v) is 13.8. The molecule has 0 saturated heterocycles. The Kier molecular flexibility index (Phi) is 13.7. The molecule has 0 saturated carbocycles. The first-order chi connectivity index (χ1) is 17.7. The van der Waals surface area contributed by atoms with Gasteiger partial charge >= 0.3 is 5.97 Å². The van der Waals surface area contributed by atoms with Crippen LogP contribution in [0.2, 0.25) is 0 Å². The van der Waals surface area contributed by atoms with Gasteiger partial charge in [-0.25, -0.2) is 4.79 Å². The van der Waals surface area contributed by atoms with Crippen molar-refractivity contribution in [2.75, 3.05) is 6.61 Å². The Morgan fingerprint density at radius 1 is 1.11 bits per heavy atom. The number of carboxylic acid groups (broad SMARTS) is 1. The molecule has 7 nitrogen and oxygen atoms in total. The molecule has 37 heavy (non-hydrogen) atoms. The van der Waals surface area contributed by atoms with Crippen LogP contribution in [0.1, 0.15) is 91.9 Å². The maximum Gasteiger partial charge on any atom is 0.341 e. The van der Waals surface area contributed by atoms with Crippen LogP contribution in [0.15, 0.2) is 35.3 Å². The van der Waals surface area contributed by atoms with E-state index in [9.17, 15) is 14.7 Å². The van der Waals surface area contributed by atoms with Crippen LogP contribution in [0.4, 0.5) is 0 Å². The molecular weight excluding hydrogens is 466 g/mol. The van der Waals surface area contributed by atoms with Crippen molar-refractivity contribution in [3.63, 3.8) is 0 Å². The molecule has 0 fully saturated rings. The Hall–Kier alpha value is -3.09. The summed E-state index contributed by atoms with van der Waals surface area (Å²) in [4.78, 5) is 23.6. The predicted molar refractivity (Wildman–Crippen MR) is 154 cm³/mol. The van der Waals surface area contributed by atoms with Crippen molar-refractivity contribution in [2.24, 2.45) is 11.8 Å². The van der Waals surface area contributed by atoms with Gasteiger partial charge in [-0.05, 0) is 30.7 Å². The van der Waals surface area contributed by atoms with Gasteiger partial charge < -0.3 is 14.4 Å². The van der Waals surface area contributed by atoms with Gasteiger partial charge in [0.25, 0.3) is 0 Å². The number of benzene rings is 1. The molecule has 2 aromatic heterocycles. The van der Waals surface area contributed by atoms with Crippen LogP contribution in [-0.4, -0.2) is 32.0 Å². The van der Waals surface area contributed by atoms with Gasteiger partial charge in [0, 0.05) is 24.2 Å². The molecule has 0 amide bonds. The molecule has 206 valence electrons. The maximum absolute atomic E-state index is 12.3. The van der Waals surface area contributed by atoms with Gasteiger partial charge in [-0.2, -0.15) is 5.10 Å². The number of pyridine rings is 1. The zero-order chi connectivity index (χ0) is 28.1. The van der Waals surface area contributed by atoms with Crippen LogP contribution in [0.3, 0.4) is 0 Å². The van der Waals surface area contributed by atoms with E-state index in [0.29, 0.717) is 31.3 Å². The van der Waals surface area contributed by atoms with Gasteiger partial charge in [0.2, 0.25) is 0 Å². The smallest absolute Gasteiger partial charge is 0.341 e. The molecular formula is C30H47N3O4. The third-order valence-electron chi connectivity index (χ3n) is 5.68. The quantitative estimate of drug-likeness (QED) is 0.331. The molecule has 0 radical (unpaired) electrons. The summed E-state index contributed by atoms with van der Waals surface area (Å²) in [6, 6.07) is 7.21. The van der Waals surface area contributed by atoms with Crippen molar-refractivity contribution in [1.29, 1.82) is 0 Å². The zero-order valence-electron chi connectivity index (χ0n) is 24.3. The van der Waals surface area contributed by atoms with Crippen molar-refractivity contribution in [3.05, 3.63) is 46.2 Å². The Morgan fingerprint density at radius 2 is 1.76 bits per heavy atom. The van der Waals surface area contributed by atoms with Crippen molar-refractivity contribution < 1.29 is 14.6 Å². The fourth-order valence-corrected chi connectivity index (χ4v) is 3.82. The number of hydrogen-bond donors (Lipinski definition) is 1. The Labute approximate surface area is 222 Å². The summed E-state index contributed by atoms with van der Waals surface area (Å²) < 4.78 is 9.73. The van der Waals surface area contributed by atoms with Gasteiger partial charge in [0.05, 0.1) is 24.5 Å². The lowest BCUT2D eigenvalue weighted by atomic mass is 10.0. The highest BCUT2D eigenvalue weighted by Gasteiger charge is 2.24. The summed E-state index contributed by atoms with van der Waals surface area (Å²) in [6.07, 6.45) is 4.73. The van der Waals surface area contributed by atoms with E-state index in [1.165, 1.54) is 18.7 Å². The molecule has 1 N–H and O–H groups in total. The number of fused-ring (bicyclic) bond motifs is 5. The molecule has 1 aromatic carbocycles. The largest absolute Gasteiger partial charge is 0.491 e. The lowest BCUT2D eigenvalue weighted by Crippen LogP contribution is -2.24. The Bertz CT molecular complexity index is 1170. The van der Waals surface area contributed by atoms with Crippen LogP contribution in [0.25, 0.3) is 22.3 Å². The fourth-order valence-electron chi connectivity index (χ4n) is 3.82. The van der Waals surface area contributed by atoms with E-state index < -0.39 is 11.4 Å². The van der Waals surface area contributed by atoms with Crippen LogP contribution >= 0.6 is 0 Å². The number of hydrogen-bond acceptors (Lipinski definition) is 4. The van der Waals surface area contributed by atoms with Gasteiger partial charge in [-0.3, -0.25) is 9.48 Å². The summed E-state index contributed by atoms with van der Waals surface area (Å²) in [5, 5.41) is 14.9. The zero-order valence-corrected chi connectivity index (χ0v) is 24.3. The average Bonchev–Trinajstić information content (AvgIpc) is 3.28. The van der Waals surface area contributed by atoms with Crippen LogP contribution in [-0.2, 0) is 13.1 Å². The summed E-state index contributed by atoms with van der Waals surface area (Å²) in [7, 11) is 0. The van der Waals surface area contributed by atoms with Crippen molar-refractivity contribution in [1.82, 2.24) is 14.3 Å². The summed E-state index contributed by atoms with van der Waals surface area (Å²) in [5.41, 5.74) is 1.57. The third kappa shape index (κ3) is 8.48. The van der Waals surface area contributed by atoms with Crippen molar-refractivity contribution in [3.8, 4) is 17.1 Å². The first kappa shape index (κ1) is 31.9. The summed E-state index contributed by atoms with van der Waals surface area (Å²) >= 11 is 0. The number of carbonyl (C=O) groups is 1. The minimum atomic E-state index is -1.21. The maximum atomic E-state index is 12.3. The van der Waals surface area contributed by atoms with E-state index in [1.54, 1.807) is 0 Å². The molecule has 4 rings (SSSR count). The second-order valence-electron chi connectivity index (χ2n) is 9.40. The number of aromatic carboxylic acids is 1. The highest BCUT2D eigenvalue weighted by molar-refractivity contribution is 5.96. The Morgan fingerprint density at radius 3 is 2.35 bits per heavy atom. The van der Waals surface area contributed by atoms with Crippen LogP contribution in [0, 0.1) is 11.8 Å². The second-order valence-corrected chi connectivity index (χ2v) is 9.40. The Balaban J connectivity index is 0.000000767. The van der Waals surface area contributed by atoms with Gasteiger partial charge in [-0.15, -0.1) is 0 Å². The third-order valence-corrected chi connectivity index (χ3v) is 5.68. The van der Waals surface area contributed by atoms with Crippen LogP contribution < -0.4 is 10.2 Å². The summed E-state index contributed by atoms with van der Waals surface area (Å²) in [6.45, 7) is 20.8. The molecule has 0 aliphatic carbocycles. The van der Waals surface area contributed by atoms with Gasteiger partial charge in [-0.1, -0.05) is 80.9 Å². The van der Waals surface area contributed by atoms with Gasteiger partial charge in [0.15, 0.2) is 5.43 Å². The topological polar surface area (TPSA) is 86.3 Å². The predicted octanol–water partition coefficient (Wildman–Crippen LogP) is 7.50.